The highest BCUT2D eigenvalue weighted by Crippen LogP contribution is 2.41. The zero-order valence-corrected chi connectivity index (χ0v) is 27.1. The zero-order chi connectivity index (χ0) is 37.5. The Morgan fingerprint density at radius 1 is 0.400 bits per heavy atom. The number of benzene rings is 4. The van der Waals surface area contributed by atoms with E-state index in [1.165, 1.54) is 0 Å². The molecule has 0 aliphatic rings. The maximum atomic E-state index is 15.0. The van der Waals surface area contributed by atoms with Gasteiger partial charge >= 0.3 is 12.7 Å². The number of hydrazine groups is 1. The Hall–Kier alpha value is -4.36. The number of hydrogen-bond acceptors (Lipinski definition) is 10. The molecular formula is C26H16F8N2O10S4. The molecule has 0 heterocycles. The Labute approximate surface area is 277 Å². The molecule has 0 atom stereocenters. The van der Waals surface area contributed by atoms with Gasteiger partial charge in [-0.15, -0.1) is 26.3 Å². The van der Waals surface area contributed by atoms with Crippen LogP contribution in [0.4, 0.5) is 35.1 Å². The number of rotatable bonds is 11. The average molecular weight is 797 g/mol. The van der Waals surface area contributed by atoms with Gasteiger partial charge in [0.05, 0.1) is 0 Å². The van der Waals surface area contributed by atoms with E-state index in [0.29, 0.717) is 36.4 Å². The molecular weight excluding hydrogens is 781 g/mol. The maximum Gasteiger partial charge on any atom is 0.573 e. The predicted octanol–water partition coefficient (Wildman–Crippen LogP) is 5.14. The van der Waals surface area contributed by atoms with Gasteiger partial charge in [0.1, 0.15) is 42.7 Å². The molecule has 4 aromatic carbocycles. The fourth-order valence-electron chi connectivity index (χ4n) is 4.00. The third-order valence-electron chi connectivity index (χ3n) is 5.89. The summed E-state index contributed by atoms with van der Waals surface area (Å²) in [6.45, 7) is 0. The van der Waals surface area contributed by atoms with Crippen LogP contribution >= 0.6 is 0 Å². The molecule has 0 saturated carbocycles. The van der Waals surface area contributed by atoms with E-state index >= 15 is 8.78 Å². The smallest absolute Gasteiger partial charge is 0.404 e. The quantitative estimate of drug-likeness (QED) is 0.147. The standard InChI is InChI=1S/C26H16F8N2O10S4/c27-17-9-1-5-13-21(17)47(37,38)35(48(39,40)22-14-6-2-10-18(22)28)36(49(41,42)23-15-7-3-11-19(23)45-25(29,30)31)50(43,44)24-16-8-4-12-20(24)46-26(32,33)34/h1-16H. The summed E-state index contributed by atoms with van der Waals surface area (Å²) in [5.74, 6) is -7.38. The van der Waals surface area contributed by atoms with E-state index in [1.807, 2.05) is 0 Å². The molecule has 0 N–H and O–H groups in total. The summed E-state index contributed by atoms with van der Waals surface area (Å²) in [7, 11) is -26.7. The largest absolute Gasteiger partial charge is 0.573 e. The lowest BCUT2D eigenvalue weighted by molar-refractivity contribution is -0.276. The van der Waals surface area contributed by atoms with Crippen molar-refractivity contribution in [1.82, 2.24) is 7.64 Å². The molecule has 0 spiro atoms. The van der Waals surface area contributed by atoms with Crippen LogP contribution in [0.1, 0.15) is 0 Å². The van der Waals surface area contributed by atoms with Crippen molar-refractivity contribution in [2.45, 2.75) is 32.3 Å². The van der Waals surface area contributed by atoms with Crippen LogP contribution in [-0.4, -0.2) is 54.0 Å². The van der Waals surface area contributed by atoms with E-state index in [-0.39, 0.29) is 36.4 Å². The van der Waals surface area contributed by atoms with Gasteiger partial charge in [-0.1, -0.05) is 48.5 Å². The highest BCUT2D eigenvalue weighted by Gasteiger charge is 2.56. The number of para-hydroxylation sites is 2. The molecule has 50 heavy (non-hydrogen) atoms. The van der Waals surface area contributed by atoms with Gasteiger partial charge < -0.3 is 9.47 Å². The Morgan fingerprint density at radius 3 is 0.920 bits per heavy atom. The predicted molar refractivity (Wildman–Crippen MR) is 151 cm³/mol. The first-order valence-corrected chi connectivity index (χ1v) is 18.5. The lowest BCUT2D eigenvalue weighted by Crippen LogP contribution is -2.55. The molecule has 0 bridgehead atoms. The molecule has 0 amide bonds. The molecule has 4 rings (SSSR count). The average Bonchev–Trinajstić information content (AvgIpc) is 2.98. The zero-order valence-electron chi connectivity index (χ0n) is 23.9. The van der Waals surface area contributed by atoms with E-state index < -0.39 is 103 Å². The molecule has 0 unspecified atom stereocenters. The highest BCUT2D eigenvalue weighted by atomic mass is 32.3. The molecule has 12 nitrogen and oxygen atoms in total. The Bertz CT molecular complexity index is 2210. The van der Waals surface area contributed by atoms with Crippen LogP contribution in [0.5, 0.6) is 11.5 Å². The Balaban J connectivity index is 2.26. The second-order valence-corrected chi connectivity index (χ2v) is 16.6. The summed E-state index contributed by atoms with van der Waals surface area (Å²) in [5, 5.41) is 0. The normalized spacial score (nSPS) is 13.4. The highest BCUT2D eigenvalue weighted by molar-refractivity contribution is 8.09. The molecule has 0 fully saturated rings. The maximum absolute atomic E-state index is 15.0. The molecule has 0 aliphatic carbocycles. The van der Waals surface area contributed by atoms with Gasteiger partial charge in [0.15, 0.2) is 0 Å². The summed E-state index contributed by atoms with van der Waals surface area (Å²) < 4.78 is 228. The second kappa shape index (κ2) is 13.4. The van der Waals surface area contributed by atoms with Crippen LogP contribution in [0, 0.1) is 11.6 Å². The molecule has 0 saturated heterocycles. The van der Waals surface area contributed by atoms with Crippen molar-refractivity contribution >= 4 is 40.1 Å². The van der Waals surface area contributed by atoms with Crippen molar-refractivity contribution in [2.24, 2.45) is 0 Å². The monoisotopic (exact) mass is 796 g/mol. The van der Waals surface area contributed by atoms with Gasteiger partial charge in [0.2, 0.25) is 0 Å². The van der Waals surface area contributed by atoms with E-state index in [9.17, 15) is 60.0 Å². The number of ether oxygens (including phenoxy) is 2. The number of hydrogen-bond donors (Lipinski definition) is 0. The number of alkyl halides is 6. The van der Waals surface area contributed by atoms with Gasteiger partial charge in [-0.25, -0.2) is 42.5 Å². The van der Waals surface area contributed by atoms with E-state index in [2.05, 4.69) is 9.47 Å². The van der Waals surface area contributed by atoms with Crippen LogP contribution in [0.3, 0.4) is 0 Å². The molecule has 270 valence electrons. The molecule has 4 aromatic rings. The van der Waals surface area contributed by atoms with Gasteiger partial charge in [0.25, 0.3) is 40.1 Å². The fraction of sp³-hybridized carbons (Fsp3) is 0.0769. The lowest BCUT2D eigenvalue weighted by atomic mass is 10.3. The fourth-order valence-corrected chi connectivity index (χ4v) is 12.9. The molecule has 0 aromatic heterocycles. The van der Waals surface area contributed by atoms with Crippen molar-refractivity contribution < 1.29 is 78.3 Å². The van der Waals surface area contributed by atoms with Gasteiger partial charge in [-0.2, -0.15) is 0 Å². The third kappa shape index (κ3) is 7.68. The van der Waals surface area contributed by atoms with Gasteiger partial charge in [-0.3, -0.25) is 0 Å². The lowest BCUT2D eigenvalue weighted by Gasteiger charge is -2.32. The SMILES string of the molecule is O=S(=O)(c1ccccc1F)N(N(S(=O)(=O)c1ccccc1OC(F)(F)F)S(=O)(=O)c1ccccc1OC(F)(F)F)S(=O)(=O)c1ccccc1F. The van der Waals surface area contributed by atoms with Crippen molar-refractivity contribution in [1.29, 1.82) is 0 Å². The number of nitrogens with zero attached hydrogens (tertiary/aromatic N) is 2. The summed E-state index contributed by atoms with van der Waals surface area (Å²) in [6, 6.07) is 7.96. The summed E-state index contributed by atoms with van der Waals surface area (Å²) in [4.78, 5) is -7.52. The van der Waals surface area contributed by atoms with Crippen molar-refractivity contribution in [3.8, 4) is 11.5 Å². The number of sulfonamides is 4. The Kier molecular flexibility index (Phi) is 10.3. The topological polar surface area (TPSA) is 162 Å². The van der Waals surface area contributed by atoms with E-state index in [4.69, 9.17) is 0 Å². The minimum Gasteiger partial charge on any atom is -0.404 e. The first kappa shape index (κ1) is 38.4. The Morgan fingerprint density at radius 2 is 0.640 bits per heavy atom. The summed E-state index contributed by atoms with van der Waals surface area (Å²) in [6.07, 6.45) is -11.5. The van der Waals surface area contributed by atoms with Crippen molar-refractivity contribution in [2.75, 3.05) is 0 Å². The minimum atomic E-state index is -6.77. The van der Waals surface area contributed by atoms with E-state index in [0.717, 1.165) is 24.3 Å². The third-order valence-corrected chi connectivity index (χ3v) is 14.5. The van der Waals surface area contributed by atoms with Crippen LogP contribution < -0.4 is 9.47 Å². The van der Waals surface area contributed by atoms with Gasteiger partial charge in [0, 0.05) is 7.64 Å². The molecule has 0 aliphatic heterocycles. The van der Waals surface area contributed by atoms with E-state index in [1.54, 1.807) is 0 Å². The first-order chi connectivity index (χ1) is 22.9. The minimum absolute atomic E-state index is 0.167. The second-order valence-electron chi connectivity index (χ2n) is 9.23. The first-order valence-electron chi connectivity index (χ1n) is 12.7. The summed E-state index contributed by atoms with van der Waals surface area (Å²) in [5.41, 5.74) is 0. The van der Waals surface area contributed by atoms with Gasteiger partial charge in [-0.05, 0) is 48.5 Å². The number of halogens is 8. The summed E-state index contributed by atoms with van der Waals surface area (Å²) >= 11 is 0. The van der Waals surface area contributed by atoms with Crippen molar-refractivity contribution in [3.05, 3.63) is 109 Å². The van der Waals surface area contributed by atoms with Crippen LogP contribution in [-0.2, 0) is 40.1 Å². The van der Waals surface area contributed by atoms with Crippen LogP contribution in [0.2, 0.25) is 0 Å². The van der Waals surface area contributed by atoms with Crippen LogP contribution in [0.15, 0.2) is 117 Å². The molecule has 24 heteroatoms. The van der Waals surface area contributed by atoms with Crippen molar-refractivity contribution in [3.63, 3.8) is 0 Å². The molecule has 0 radical (unpaired) electrons. The van der Waals surface area contributed by atoms with Crippen LogP contribution in [0.25, 0.3) is 0 Å².